The van der Waals surface area contributed by atoms with Crippen LogP contribution in [0, 0.1) is 0 Å². The molecule has 150 valence electrons. The van der Waals surface area contributed by atoms with Crippen molar-refractivity contribution in [1.29, 1.82) is 0 Å². The number of cyclic esters (lactones) is 1. The van der Waals surface area contributed by atoms with Crippen molar-refractivity contribution in [1.82, 2.24) is 0 Å². The third-order valence-corrected chi connectivity index (χ3v) is 4.03. The van der Waals surface area contributed by atoms with Gasteiger partial charge in [-0.05, 0) is 54.5 Å². The van der Waals surface area contributed by atoms with Crippen molar-refractivity contribution < 1.29 is 28.9 Å². The van der Waals surface area contributed by atoms with Crippen LogP contribution in [-0.2, 0) is 14.3 Å². The molecule has 1 aliphatic rings. The lowest BCUT2D eigenvalue weighted by Gasteiger charge is -2.05. The van der Waals surface area contributed by atoms with E-state index in [1.54, 1.807) is 42.5 Å². The summed E-state index contributed by atoms with van der Waals surface area (Å²) >= 11 is 0. The van der Waals surface area contributed by atoms with E-state index in [0.29, 0.717) is 23.5 Å². The van der Waals surface area contributed by atoms with E-state index in [4.69, 9.17) is 19.3 Å². The Morgan fingerprint density at radius 1 is 1.07 bits per heavy atom. The van der Waals surface area contributed by atoms with Gasteiger partial charge in [-0.2, -0.15) is 0 Å². The number of unbranched alkanes of at least 4 members (excludes halogenated alkanes) is 1. The first-order valence-electron chi connectivity index (χ1n) is 9.25. The summed E-state index contributed by atoms with van der Waals surface area (Å²) in [6, 6.07) is 13.9. The molecule has 0 radical (unpaired) electrons. The second-order valence-corrected chi connectivity index (χ2v) is 6.31. The quantitative estimate of drug-likeness (QED) is 0.395. The van der Waals surface area contributed by atoms with Gasteiger partial charge in [0.2, 0.25) is 5.90 Å². The summed E-state index contributed by atoms with van der Waals surface area (Å²) in [4.78, 5) is 26.9. The smallest absolute Gasteiger partial charge is 0.363 e. The number of hydrogen-bond acceptors (Lipinski definition) is 6. The van der Waals surface area contributed by atoms with E-state index in [-0.39, 0.29) is 11.6 Å². The summed E-state index contributed by atoms with van der Waals surface area (Å²) in [5, 5.41) is 8.62. The number of rotatable bonds is 9. The molecule has 0 amide bonds. The number of esters is 1. The molecule has 29 heavy (non-hydrogen) atoms. The van der Waals surface area contributed by atoms with E-state index < -0.39 is 18.5 Å². The molecule has 0 spiro atoms. The number of hydrogen-bond donors (Lipinski definition) is 1. The third-order valence-electron chi connectivity index (χ3n) is 4.03. The largest absolute Gasteiger partial charge is 0.494 e. The molecule has 0 saturated carbocycles. The maximum Gasteiger partial charge on any atom is 0.363 e. The minimum Gasteiger partial charge on any atom is -0.494 e. The molecule has 7 heteroatoms. The number of nitrogens with zero attached hydrogens (tertiary/aromatic N) is 1. The van der Waals surface area contributed by atoms with Crippen LogP contribution in [0.2, 0.25) is 0 Å². The molecule has 0 unspecified atom stereocenters. The molecular weight excluding hydrogens is 374 g/mol. The molecule has 2 aromatic carbocycles. The number of carbonyl (C=O) groups excluding carboxylic acids is 1. The normalized spacial score (nSPS) is 14.4. The van der Waals surface area contributed by atoms with Gasteiger partial charge in [0.25, 0.3) is 0 Å². The van der Waals surface area contributed by atoms with Crippen molar-refractivity contribution in [3.63, 3.8) is 0 Å². The number of aliphatic carboxylic acids is 1. The average Bonchev–Trinajstić information content (AvgIpc) is 3.08. The Labute approximate surface area is 168 Å². The summed E-state index contributed by atoms with van der Waals surface area (Å²) in [7, 11) is 0. The van der Waals surface area contributed by atoms with Crippen molar-refractivity contribution in [3.8, 4) is 11.5 Å². The van der Waals surface area contributed by atoms with Gasteiger partial charge in [-0.1, -0.05) is 25.5 Å². The number of aliphatic imine (C=N–C) groups is 1. The van der Waals surface area contributed by atoms with Crippen molar-refractivity contribution in [2.45, 2.75) is 19.8 Å². The summed E-state index contributed by atoms with van der Waals surface area (Å²) in [5.41, 5.74) is 1.58. The standard InChI is InChI=1S/C22H21NO6/c1-2-3-12-27-17-10-6-16(7-11-17)21-23-19(22(26)29-21)13-15-4-8-18(9-5-15)28-14-20(24)25/h4-11,13H,2-3,12,14H2,1H3,(H,24,25)/b19-13-. The lowest BCUT2D eigenvalue weighted by molar-refractivity contribution is -0.139. The zero-order valence-corrected chi connectivity index (χ0v) is 16.0. The van der Waals surface area contributed by atoms with E-state index in [1.807, 2.05) is 12.1 Å². The van der Waals surface area contributed by atoms with Crippen molar-refractivity contribution in [2.24, 2.45) is 4.99 Å². The molecule has 0 aromatic heterocycles. The molecule has 0 aliphatic carbocycles. The Morgan fingerprint density at radius 2 is 1.72 bits per heavy atom. The number of benzene rings is 2. The lowest BCUT2D eigenvalue weighted by Crippen LogP contribution is -2.09. The van der Waals surface area contributed by atoms with Gasteiger partial charge in [0.1, 0.15) is 11.5 Å². The highest BCUT2D eigenvalue weighted by Gasteiger charge is 2.24. The van der Waals surface area contributed by atoms with Crippen LogP contribution < -0.4 is 9.47 Å². The predicted molar refractivity (Wildman–Crippen MR) is 107 cm³/mol. The van der Waals surface area contributed by atoms with E-state index >= 15 is 0 Å². The van der Waals surface area contributed by atoms with Crippen LogP contribution in [0.1, 0.15) is 30.9 Å². The molecule has 2 aromatic rings. The maximum atomic E-state index is 12.1. The fourth-order valence-corrected chi connectivity index (χ4v) is 2.52. The van der Waals surface area contributed by atoms with Gasteiger partial charge in [0.15, 0.2) is 12.3 Å². The van der Waals surface area contributed by atoms with Crippen LogP contribution in [0.3, 0.4) is 0 Å². The molecule has 3 rings (SSSR count). The van der Waals surface area contributed by atoms with Gasteiger partial charge in [0, 0.05) is 5.56 Å². The van der Waals surface area contributed by atoms with Gasteiger partial charge in [-0.3, -0.25) is 0 Å². The van der Waals surface area contributed by atoms with Gasteiger partial charge in [0.05, 0.1) is 6.61 Å². The first-order valence-corrected chi connectivity index (χ1v) is 9.25. The second-order valence-electron chi connectivity index (χ2n) is 6.31. The zero-order chi connectivity index (χ0) is 20.6. The Hall–Kier alpha value is -3.61. The van der Waals surface area contributed by atoms with Crippen LogP contribution in [0.4, 0.5) is 0 Å². The van der Waals surface area contributed by atoms with Crippen molar-refractivity contribution in [3.05, 3.63) is 65.4 Å². The summed E-state index contributed by atoms with van der Waals surface area (Å²) < 4.78 is 16.0. The number of carboxylic acid groups (broad SMARTS) is 1. The van der Waals surface area contributed by atoms with Crippen LogP contribution in [0.15, 0.2) is 59.2 Å². The highest BCUT2D eigenvalue weighted by atomic mass is 16.6. The zero-order valence-electron chi connectivity index (χ0n) is 16.0. The predicted octanol–water partition coefficient (Wildman–Crippen LogP) is 3.67. The molecule has 1 aliphatic heterocycles. The molecule has 1 N–H and O–H groups in total. The number of ether oxygens (including phenoxy) is 3. The second kappa shape index (κ2) is 9.54. The Bertz CT molecular complexity index is 929. The first-order chi connectivity index (χ1) is 14.0. The summed E-state index contributed by atoms with van der Waals surface area (Å²) in [6.07, 6.45) is 3.66. The summed E-state index contributed by atoms with van der Waals surface area (Å²) in [5.74, 6) is -0.161. The van der Waals surface area contributed by atoms with Crippen LogP contribution in [0.25, 0.3) is 6.08 Å². The fourth-order valence-electron chi connectivity index (χ4n) is 2.52. The minimum atomic E-state index is -1.05. The van der Waals surface area contributed by atoms with Gasteiger partial charge in [-0.15, -0.1) is 0 Å². The van der Waals surface area contributed by atoms with Gasteiger partial charge in [-0.25, -0.2) is 14.6 Å². The monoisotopic (exact) mass is 395 g/mol. The highest BCUT2D eigenvalue weighted by molar-refractivity contribution is 6.12. The average molecular weight is 395 g/mol. The number of carbonyl (C=O) groups is 2. The molecular formula is C22H21NO6. The van der Waals surface area contributed by atoms with E-state index in [1.165, 1.54) is 0 Å². The van der Waals surface area contributed by atoms with E-state index in [9.17, 15) is 9.59 Å². The van der Waals surface area contributed by atoms with Crippen LogP contribution in [-0.4, -0.2) is 36.2 Å². The van der Waals surface area contributed by atoms with Crippen molar-refractivity contribution >= 4 is 23.9 Å². The van der Waals surface area contributed by atoms with Crippen molar-refractivity contribution in [2.75, 3.05) is 13.2 Å². The van der Waals surface area contributed by atoms with Gasteiger partial charge >= 0.3 is 11.9 Å². The van der Waals surface area contributed by atoms with E-state index in [2.05, 4.69) is 11.9 Å². The Balaban J connectivity index is 1.68. The molecule has 1 heterocycles. The molecule has 0 bridgehead atoms. The minimum absolute atomic E-state index is 0.183. The fraction of sp³-hybridized carbons (Fsp3) is 0.227. The van der Waals surface area contributed by atoms with E-state index in [0.717, 1.165) is 18.6 Å². The lowest BCUT2D eigenvalue weighted by atomic mass is 10.2. The Morgan fingerprint density at radius 3 is 2.38 bits per heavy atom. The highest BCUT2D eigenvalue weighted by Crippen LogP contribution is 2.22. The van der Waals surface area contributed by atoms with Crippen LogP contribution in [0.5, 0.6) is 11.5 Å². The topological polar surface area (TPSA) is 94.4 Å². The number of carboxylic acids is 1. The third kappa shape index (κ3) is 5.68. The molecule has 0 saturated heterocycles. The first kappa shape index (κ1) is 20.1. The Kier molecular flexibility index (Phi) is 6.63. The van der Waals surface area contributed by atoms with Gasteiger partial charge < -0.3 is 19.3 Å². The molecule has 0 fully saturated rings. The maximum absolute atomic E-state index is 12.1. The SMILES string of the molecule is CCCCOc1ccc(C2=N/C(=C\c3ccc(OCC(=O)O)cc3)C(=O)O2)cc1. The van der Waals surface area contributed by atoms with Crippen LogP contribution >= 0.6 is 0 Å². The molecule has 7 nitrogen and oxygen atoms in total. The molecule has 0 atom stereocenters. The summed E-state index contributed by atoms with van der Waals surface area (Å²) in [6.45, 7) is 2.35.